The van der Waals surface area contributed by atoms with Gasteiger partial charge < -0.3 is 26.0 Å². The zero-order valence-electron chi connectivity index (χ0n) is 14.8. The molecule has 0 bridgehead atoms. The number of likely N-dealkylation sites (tertiary alicyclic amines) is 2. The second-order valence-electron chi connectivity index (χ2n) is 7.86. The molecule has 3 aliphatic rings. The predicted octanol–water partition coefficient (Wildman–Crippen LogP) is 1.70. The van der Waals surface area contributed by atoms with Crippen molar-refractivity contribution in [2.24, 2.45) is 11.7 Å². The molecule has 0 aromatic rings. The van der Waals surface area contributed by atoms with Gasteiger partial charge in [0, 0.05) is 31.2 Å². The standard InChI is InChI=1S/C18H34N4O2/c19-13-14-3-1-2-4-17(14)20-15-5-9-21(10-6-15)16-7-11-22(12-8-16)18(23)24/h14-17,20H,1-13,19H2,(H,23,24)/t14-,17+/m1/s1. The number of nitrogens with zero attached hydrogens (tertiary/aromatic N) is 2. The second kappa shape index (κ2) is 8.50. The number of nitrogens with one attached hydrogen (secondary N) is 1. The largest absolute Gasteiger partial charge is 0.465 e. The Labute approximate surface area is 145 Å². The van der Waals surface area contributed by atoms with Gasteiger partial charge in [-0.15, -0.1) is 0 Å². The Balaban J connectivity index is 1.40. The average molecular weight is 338 g/mol. The minimum Gasteiger partial charge on any atom is -0.465 e. The van der Waals surface area contributed by atoms with E-state index in [0.29, 0.717) is 37.1 Å². The van der Waals surface area contributed by atoms with E-state index >= 15 is 0 Å². The number of amides is 1. The van der Waals surface area contributed by atoms with E-state index in [1.54, 1.807) is 4.90 Å². The van der Waals surface area contributed by atoms with Crippen LogP contribution < -0.4 is 11.1 Å². The third-order valence-electron chi connectivity index (χ3n) is 6.44. The fourth-order valence-corrected chi connectivity index (χ4v) is 4.87. The molecule has 6 nitrogen and oxygen atoms in total. The lowest BCUT2D eigenvalue weighted by atomic mass is 9.83. The van der Waals surface area contributed by atoms with E-state index in [-0.39, 0.29) is 0 Å². The van der Waals surface area contributed by atoms with Crippen LogP contribution in [0, 0.1) is 5.92 Å². The number of piperidine rings is 2. The molecule has 0 unspecified atom stereocenters. The maximum Gasteiger partial charge on any atom is 0.407 e. The molecule has 1 saturated carbocycles. The van der Waals surface area contributed by atoms with E-state index in [1.807, 2.05) is 0 Å². The molecule has 138 valence electrons. The molecule has 3 fully saturated rings. The van der Waals surface area contributed by atoms with Gasteiger partial charge in [-0.05, 0) is 64.1 Å². The summed E-state index contributed by atoms with van der Waals surface area (Å²) in [5, 5.41) is 13.0. The summed E-state index contributed by atoms with van der Waals surface area (Å²) in [7, 11) is 0. The number of hydrogen-bond acceptors (Lipinski definition) is 4. The fraction of sp³-hybridized carbons (Fsp3) is 0.944. The van der Waals surface area contributed by atoms with Crippen molar-refractivity contribution in [3.8, 4) is 0 Å². The van der Waals surface area contributed by atoms with Gasteiger partial charge >= 0.3 is 6.09 Å². The minimum atomic E-state index is -0.765. The lowest BCUT2D eigenvalue weighted by Gasteiger charge is -2.43. The van der Waals surface area contributed by atoms with Gasteiger partial charge in [0.15, 0.2) is 0 Å². The van der Waals surface area contributed by atoms with Gasteiger partial charge in [0.05, 0.1) is 0 Å². The van der Waals surface area contributed by atoms with E-state index in [9.17, 15) is 4.79 Å². The van der Waals surface area contributed by atoms with Crippen LogP contribution in [0.25, 0.3) is 0 Å². The van der Waals surface area contributed by atoms with Crippen LogP contribution in [0.4, 0.5) is 4.79 Å². The molecule has 24 heavy (non-hydrogen) atoms. The molecule has 4 N–H and O–H groups in total. The summed E-state index contributed by atoms with van der Waals surface area (Å²) in [6, 6.07) is 1.84. The van der Waals surface area contributed by atoms with Gasteiger partial charge in [-0.2, -0.15) is 0 Å². The highest BCUT2D eigenvalue weighted by atomic mass is 16.4. The normalized spacial score (nSPS) is 31.3. The lowest BCUT2D eigenvalue weighted by molar-refractivity contribution is 0.0751. The van der Waals surface area contributed by atoms with Crippen LogP contribution in [0.5, 0.6) is 0 Å². The first-order valence-corrected chi connectivity index (χ1v) is 9.85. The van der Waals surface area contributed by atoms with Gasteiger partial charge in [0.1, 0.15) is 0 Å². The molecular weight excluding hydrogens is 304 g/mol. The summed E-state index contributed by atoms with van der Waals surface area (Å²) in [6.07, 6.45) is 8.90. The Morgan fingerprint density at radius 2 is 1.67 bits per heavy atom. The van der Waals surface area contributed by atoms with Crippen LogP contribution in [0.2, 0.25) is 0 Å². The quantitative estimate of drug-likeness (QED) is 0.727. The molecular formula is C18H34N4O2. The minimum absolute atomic E-state index is 0.577. The smallest absolute Gasteiger partial charge is 0.407 e. The van der Waals surface area contributed by atoms with Crippen molar-refractivity contribution < 1.29 is 9.90 Å². The van der Waals surface area contributed by atoms with Crippen molar-refractivity contribution >= 4 is 6.09 Å². The van der Waals surface area contributed by atoms with Crippen molar-refractivity contribution in [2.75, 3.05) is 32.7 Å². The average Bonchev–Trinajstić information content (AvgIpc) is 2.63. The van der Waals surface area contributed by atoms with Crippen molar-refractivity contribution in [3.63, 3.8) is 0 Å². The molecule has 2 aliphatic heterocycles. The molecule has 0 aromatic carbocycles. The molecule has 0 radical (unpaired) electrons. The SMILES string of the molecule is NC[C@H]1CCCC[C@@H]1NC1CCN(C2CCN(C(=O)O)CC2)CC1. The van der Waals surface area contributed by atoms with Crippen LogP contribution in [0.3, 0.4) is 0 Å². The maximum absolute atomic E-state index is 11.0. The summed E-state index contributed by atoms with van der Waals surface area (Å²) in [4.78, 5) is 15.2. The predicted molar refractivity (Wildman–Crippen MR) is 95.2 cm³/mol. The first-order chi connectivity index (χ1) is 11.7. The highest BCUT2D eigenvalue weighted by Gasteiger charge is 2.31. The zero-order valence-corrected chi connectivity index (χ0v) is 14.8. The molecule has 1 amide bonds. The summed E-state index contributed by atoms with van der Waals surface area (Å²) >= 11 is 0. The Kier molecular flexibility index (Phi) is 6.36. The van der Waals surface area contributed by atoms with E-state index in [4.69, 9.17) is 10.8 Å². The summed E-state index contributed by atoms with van der Waals surface area (Å²) < 4.78 is 0. The van der Waals surface area contributed by atoms with Crippen molar-refractivity contribution in [2.45, 2.75) is 69.5 Å². The monoisotopic (exact) mass is 338 g/mol. The molecule has 6 heteroatoms. The van der Waals surface area contributed by atoms with Gasteiger partial charge in [-0.3, -0.25) is 0 Å². The van der Waals surface area contributed by atoms with Crippen molar-refractivity contribution in [1.29, 1.82) is 0 Å². The van der Waals surface area contributed by atoms with Crippen LogP contribution in [0.15, 0.2) is 0 Å². The van der Waals surface area contributed by atoms with E-state index in [1.165, 1.54) is 38.5 Å². The first-order valence-electron chi connectivity index (χ1n) is 9.85. The second-order valence-corrected chi connectivity index (χ2v) is 7.86. The van der Waals surface area contributed by atoms with Crippen molar-refractivity contribution in [1.82, 2.24) is 15.1 Å². The molecule has 0 spiro atoms. The third-order valence-corrected chi connectivity index (χ3v) is 6.44. The molecule has 0 aromatic heterocycles. The summed E-state index contributed by atoms with van der Waals surface area (Å²) in [5.41, 5.74) is 5.96. The molecule has 3 rings (SSSR count). The van der Waals surface area contributed by atoms with Crippen LogP contribution in [0.1, 0.15) is 51.4 Å². The van der Waals surface area contributed by atoms with Gasteiger partial charge in [-0.1, -0.05) is 12.8 Å². The third kappa shape index (κ3) is 4.41. The Morgan fingerprint density at radius 1 is 1.00 bits per heavy atom. The first kappa shape index (κ1) is 18.0. The summed E-state index contributed by atoms with van der Waals surface area (Å²) in [5.74, 6) is 0.664. The van der Waals surface area contributed by atoms with Gasteiger partial charge in [-0.25, -0.2) is 4.79 Å². The van der Waals surface area contributed by atoms with E-state index in [0.717, 1.165) is 32.5 Å². The molecule has 2 heterocycles. The zero-order chi connectivity index (χ0) is 16.9. The summed E-state index contributed by atoms with van der Waals surface area (Å²) in [6.45, 7) is 4.50. The Hall–Kier alpha value is -0.850. The van der Waals surface area contributed by atoms with Crippen LogP contribution >= 0.6 is 0 Å². The number of nitrogens with two attached hydrogens (primary N) is 1. The van der Waals surface area contributed by atoms with E-state index < -0.39 is 6.09 Å². The Morgan fingerprint density at radius 3 is 2.29 bits per heavy atom. The number of carbonyl (C=O) groups is 1. The topological polar surface area (TPSA) is 81.8 Å². The maximum atomic E-state index is 11.0. The van der Waals surface area contributed by atoms with Crippen LogP contribution in [-0.4, -0.2) is 71.8 Å². The van der Waals surface area contributed by atoms with Gasteiger partial charge in [0.25, 0.3) is 0 Å². The van der Waals surface area contributed by atoms with Gasteiger partial charge in [0.2, 0.25) is 0 Å². The number of carboxylic acid groups (broad SMARTS) is 1. The Bertz CT molecular complexity index is 404. The number of rotatable bonds is 4. The van der Waals surface area contributed by atoms with Crippen molar-refractivity contribution in [3.05, 3.63) is 0 Å². The van der Waals surface area contributed by atoms with E-state index in [2.05, 4.69) is 10.2 Å². The van der Waals surface area contributed by atoms with Crippen LogP contribution in [-0.2, 0) is 0 Å². The lowest BCUT2D eigenvalue weighted by Crippen LogP contribution is -2.53. The molecule has 1 aliphatic carbocycles. The number of hydrogen-bond donors (Lipinski definition) is 3. The highest BCUT2D eigenvalue weighted by molar-refractivity contribution is 5.65. The molecule has 2 saturated heterocycles. The molecule has 2 atom stereocenters. The highest BCUT2D eigenvalue weighted by Crippen LogP contribution is 2.26. The fourth-order valence-electron chi connectivity index (χ4n) is 4.87.